The zero-order chi connectivity index (χ0) is 10.9. The van der Waals surface area contributed by atoms with Crippen molar-refractivity contribution in [3.63, 3.8) is 0 Å². The predicted molar refractivity (Wildman–Crippen MR) is 62.6 cm³/mol. The lowest BCUT2D eigenvalue weighted by molar-refractivity contribution is 0.259. The number of nitriles is 1. The van der Waals surface area contributed by atoms with Gasteiger partial charge in [-0.3, -0.25) is 0 Å². The van der Waals surface area contributed by atoms with E-state index in [1.807, 2.05) is 0 Å². The largest absolute Gasteiger partial charge is 0.313 e. The third-order valence-electron chi connectivity index (χ3n) is 3.02. The van der Waals surface area contributed by atoms with Gasteiger partial charge in [0.25, 0.3) is 0 Å². The van der Waals surface area contributed by atoms with Crippen molar-refractivity contribution in [1.29, 1.82) is 5.26 Å². The standard InChI is InChI=1S/C12H23N3/c1-15(10-6-2-4-8-13)11-12-7-3-5-9-14-12/h12,14H,2-7,9-11H2,1H3. The molecule has 3 nitrogen and oxygen atoms in total. The van der Waals surface area contributed by atoms with Crippen LogP contribution < -0.4 is 5.32 Å². The second-order valence-electron chi connectivity index (χ2n) is 4.52. The van der Waals surface area contributed by atoms with Gasteiger partial charge in [0.2, 0.25) is 0 Å². The van der Waals surface area contributed by atoms with E-state index in [2.05, 4.69) is 23.3 Å². The Morgan fingerprint density at radius 1 is 1.40 bits per heavy atom. The molecule has 0 saturated carbocycles. The minimum Gasteiger partial charge on any atom is -0.313 e. The van der Waals surface area contributed by atoms with E-state index < -0.39 is 0 Å². The van der Waals surface area contributed by atoms with Crippen LogP contribution in [0.15, 0.2) is 0 Å². The van der Waals surface area contributed by atoms with E-state index in [0.717, 1.165) is 25.9 Å². The molecule has 86 valence electrons. The van der Waals surface area contributed by atoms with Gasteiger partial charge in [-0.2, -0.15) is 5.26 Å². The Balaban J connectivity index is 2.01. The molecule has 1 unspecified atom stereocenters. The van der Waals surface area contributed by atoms with Crippen molar-refractivity contribution in [2.24, 2.45) is 0 Å². The van der Waals surface area contributed by atoms with Crippen molar-refractivity contribution < 1.29 is 0 Å². The Labute approximate surface area is 93.5 Å². The molecule has 1 fully saturated rings. The molecule has 0 aliphatic carbocycles. The highest BCUT2D eigenvalue weighted by Gasteiger charge is 2.13. The highest BCUT2D eigenvalue weighted by atomic mass is 15.1. The molecular formula is C12H23N3. The van der Waals surface area contributed by atoms with Gasteiger partial charge in [0.1, 0.15) is 0 Å². The average molecular weight is 209 g/mol. The van der Waals surface area contributed by atoms with Gasteiger partial charge in [-0.05, 0) is 45.8 Å². The summed E-state index contributed by atoms with van der Waals surface area (Å²) in [6.07, 6.45) is 6.93. The van der Waals surface area contributed by atoms with Crippen molar-refractivity contribution in [2.45, 2.75) is 44.6 Å². The van der Waals surface area contributed by atoms with Crippen LogP contribution >= 0.6 is 0 Å². The second kappa shape index (κ2) is 7.67. The van der Waals surface area contributed by atoms with Crippen LogP contribution in [0.2, 0.25) is 0 Å². The minimum absolute atomic E-state index is 0.694. The molecule has 0 amide bonds. The summed E-state index contributed by atoms with van der Waals surface area (Å²) >= 11 is 0. The highest BCUT2D eigenvalue weighted by Crippen LogP contribution is 2.08. The van der Waals surface area contributed by atoms with E-state index in [9.17, 15) is 0 Å². The van der Waals surface area contributed by atoms with Crippen LogP contribution in [0.4, 0.5) is 0 Å². The molecule has 0 aromatic carbocycles. The smallest absolute Gasteiger partial charge is 0.0621 e. The van der Waals surface area contributed by atoms with Gasteiger partial charge in [0.05, 0.1) is 6.07 Å². The number of nitrogens with one attached hydrogen (secondary N) is 1. The highest BCUT2D eigenvalue weighted by molar-refractivity contribution is 4.75. The lowest BCUT2D eigenvalue weighted by Crippen LogP contribution is -2.42. The van der Waals surface area contributed by atoms with Gasteiger partial charge in [-0.25, -0.2) is 0 Å². The number of likely N-dealkylation sites (N-methyl/N-ethyl adjacent to an activating group) is 1. The molecule has 1 atom stereocenters. The molecule has 1 aliphatic rings. The molecule has 0 spiro atoms. The first-order valence-corrected chi connectivity index (χ1v) is 6.12. The first kappa shape index (κ1) is 12.5. The summed E-state index contributed by atoms with van der Waals surface area (Å²) in [7, 11) is 2.18. The number of rotatable bonds is 6. The molecule has 0 aromatic heterocycles. The Kier molecular flexibility index (Phi) is 6.38. The van der Waals surface area contributed by atoms with Gasteiger partial charge >= 0.3 is 0 Å². The Hall–Kier alpha value is -0.590. The van der Waals surface area contributed by atoms with Crippen molar-refractivity contribution in [3.8, 4) is 6.07 Å². The van der Waals surface area contributed by atoms with E-state index in [4.69, 9.17) is 5.26 Å². The molecular weight excluding hydrogens is 186 g/mol. The molecule has 1 heterocycles. The van der Waals surface area contributed by atoms with Gasteiger partial charge in [0, 0.05) is 19.0 Å². The minimum atomic E-state index is 0.694. The SMILES string of the molecule is CN(CCCCC#N)CC1CCCCN1. The zero-order valence-electron chi connectivity index (χ0n) is 9.84. The fourth-order valence-electron chi connectivity index (χ4n) is 2.13. The maximum absolute atomic E-state index is 8.42. The van der Waals surface area contributed by atoms with Gasteiger partial charge in [-0.1, -0.05) is 6.42 Å². The summed E-state index contributed by atoms with van der Waals surface area (Å²) in [6, 6.07) is 2.89. The van der Waals surface area contributed by atoms with Gasteiger partial charge in [0.15, 0.2) is 0 Å². The van der Waals surface area contributed by atoms with Gasteiger partial charge < -0.3 is 10.2 Å². The monoisotopic (exact) mass is 209 g/mol. The third-order valence-corrected chi connectivity index (χ3v) is 3.02. The van der Waals surface area contributed by atoms with Crippen LogP contribution in [0, 0.1) is 11.3 Å². The number of piperidine rings is 1. The fourth-order valence-corrected chi connectivity index (χ4v) is 2.13. The van der Waals surface area contributed by atoms with Crippen LogP contribution in [-0.2, 0) is 0 Å². The van der Waals surface area contributed by atoms with Crippen LogP contribution in [0.1, 0.15) is 38.5 Å². The number of unbranched alkanes of at least 4 members (excludes halogenated alkanes) is 2. The molecule has 1 N–H and O–H groups in total. The topological polar surface area (TPSA) is 39.1 Å². The van der Waals surface area contributed by atoms with Crippen molar-refractivity contribution in [3.05, 3.63) is 0 Å². The van der Waals surface area contributed by atoms with Crippen LogP contribution in [0.3, 0.4) is 0 Å². The first-order chi connectivity index (χ1) is 7.33. The Morgan fingerprint density at radius 2 is 2.27 bits per heavy atom. The predicted octanol–water partition coefficient (Wildman–Crippen LogP) is 1.75. The van der Waals surface area contributed by atoms with Gasteiger partial charge in [-0.15, -0.1) is 0 Å². The van der Waals surface area contributed by atoms with E-state index in [0.29, 0.717) is 12.5 Å². The van der Waals surface area contributed by atoms with Crippen LogP contribution in [0.5, 0.6) is 0 Å². The molecule has 0 bridgehead atoms. The lowest BCUT2D eigenvalue weighted by atomic mass is 10.0. The number of nitrogens with zero attached hydrogens (tertiary/aromatic N) is 2. The fraction of sp³-hybridized carbons (Fsp3) is 0.917. The lowest BCUT2D eigenvalue weighted by Gasteiger charge is -2.28. The maximum Gasteiger partial charge on any atom is 0.0621 e. The third kappa shape index (κ3) is 5.76. The van der Waals surface area contributed by atoms with E-state index in [-0.39, 0.29) is 0 Å². The van der Waals surface area contributed by atoms with E-state index in [1.165, 1.54) is 25.8 Å². The van der Waals surface area contributed by atoms with E-state index in [1.54, 1.807) is 0 Å². The average Bonchev–Trinajstić information content (AvgIpc) is 2.26. The maximum atomic E-state index is 8.42. The summed E-state index contributed by atoms with van der Waals surface area (Å²) in [4.78, 5) is 2.39. The molecule has 0 aromatic rings. The second-order valence-corrected chi connectivity index (χ2v) is 4.52. The first-order valence-electron chi connectivity index (χ1n) is 6.12. The van der Waals surface area contributed by atoms with Crippen LogP contribution in [-0.4, -0.2) is 37.6 Å². The molecule has 1 rings (SSSR count). The molecule has 15 heavy (non-hydrogen) atoms. The van der Waals surface area contributed by atoms with Crippen molar-refractivity contribution in [2.75, 3.05) is 26.7 Å². The number of hydrogen-bond donors (Lipinski definition) is 1. The van der Waals surface area contributed by atoms with Crippen molar-refractivity contribution >= 4 is 0 Å². The Bertz CT molecular complexity index is 192. The molecule has 3 heteroatoms. The summed E-state index contributed by atoms with van der Waals surface area (Å²) in [6.45, 7) is 3.47. The summed E-state index contributed by atoms with van der Waals surface area (Å²) in [5.41, 5.74) is 0. The summed E-state index contributed by atoms with van der Waals surface area (Å²) in [5.74, 6) is 0. The molecule has 0 radical (unpaired) electrons. The molecule has 1 saturated heterocycles. The van der Waals surface area contributed by atoms with Crippen molar-refractivity contribution in [1.82, 2.24) is 10.2 Å². The summed E-state index contributed by atoms with van der Waals surface area (Å²) in [5, 5.41) is 12.0. The zero-order valence-corrected chi connectivity index (χ0v) is 9.84. The van der Waals surface area contributed by atoms with Crippen LogP contribution in [0.25, 0.3) is 0 Å². The molecule has 1 aliphatic heterocycles. The van der Waals surface area contributed by atoms with E-state index >= 15 is 0 Å². The summed E-state index contributed by atoms with van der Waals surface area (Å²) < 4.78 is 0. The quantitative estimate of drug-likeness (QED) is 0.677. The normalized spacial score (nSPS) is 21.5. The number of hydrogen-bond acceptors (Lipinski definition) is 3. The Morgan fingerprint density at radius 3 is 2.93 bits per heavy atom.